The number of carbonyl (C=O) groups is 2. The molecule has 1 aliphatic heterocycles. The van der Waals surface area contributed by atoms with E-state index >= 15 is 0 Å². The van der Waals surface area contributed by atoms with Crippen molar-refractivity contribution in [3.05, 3.63) is 28.7 Å². The second-order valence-corrected chi connectivity index (χ2v) is 7.42. The van der Waals surface area contributed by atoms with Crippen molar-refractivity contribution in [3.63, 3.8) is 0 Å². The highest BCUT2D eigenvalue weighted by molar-refractivity contribution is 8.18. The van der Waals surface area contributed by atoms with Crippen molar-refractivity contribution in [2.75, 3.05) is 13.2 Å². The van der Waals surface area contributed by atoms with Gasteiger partial charge in [-0.1, -0.05) is 31.4 Å². The third kappa shape index (κ3) is 4.00. The van der Waals surface area contributed by atoms with Crippen LogP contribution in [0.5, 0.6) is 11.5 Å². The Balaban J connectivity index is 1.77. The van der Waals surface area contributed by atoms with E-state index in [9.17, 15) is 14.7 Å². The van der Waals surface area contributed by atoms with Crippen LogP contribution in [-0.4, -0.2) is 34.3 Å². The van der Waals surface area contributed by atoms with Crippen molar-refractivity contribution in [1.82, 2.24) is 4.90 Å². The van der Waals surface area contributed by atoms with Crippen LogP contribution in [-0.2, 0) is 4.79 Å². The molecule has 0 bridgehead atoms. The molecule has 0 unspecified atom stereocenters. The van der Waals surface area contributed by atoms with Crippen LogP contribution in [0, 0.1) is 5.92 Å². The number of carbonyl (C=O) groups excluding carboxylic acids is 2. The summed E-state index contributed by atoms with van der Waals surface area (Å²) in [6.45, 7) is 2.78. The number of para-hydroxylation sites is 1. The smallest absolute Gasteiger partial charge is 0.293 e. The van der Waals surface area contributed by atoms with Crippen molar-refractivity contribution in [3.8, 4) is 11.5 Å². The number of thioether (sulfide) groups is 1. The predicted molar refractivity (Wildman–Crippen MR) is 98.5 cm³/mol. The summed E-state index contributed by atoms with van der Waals surface area (Å²) in [6, 6.07) is 5.13. The van der Waals surface area contributed by atoms with Crippen molar-refractivity contribution >= 4 is 29.0 Å². The minimum atomic E-state index is -0.262. The standard InChI is InChI=1S/C19H23NO4S/c1-2-24-15-10-6-9-14(17(15)21)11-16-18(22)20(19(23)25-16)12-13-7-4-3-5-8-13/h6,9-11,13,21H,2-5,7-8,12H2,1H3/b16-11+. The topological polar surface area (TPSA) is 66.8 Å². The van der Waals surface area contributed by atoms with Crippen molar-refractivity contribution in [1.29, 1.82) is 0 Å². The Morgan fingerprint density at radius 3 is 2.76 bits per heavy atom. The molecule has 0 spiro atoms. The van der Waals surface area contributed by atoms with E-state index in [1.165, 1.54) is 24.2 Å². The maximum Gasteiger partial charge on any atom is 0.293 e. The molecule has 1 aliphatic carbocycles. The predicted octanol–water partition coefficient (Wildman–Crippen LogP) is 4.41. The number of ether oxygens (including phenoxy) is 1. The number of hydrogen-bond acceptors (Lipinski definition) is 5. The molecule has 1 N–H and O–H groups in total. The largest absolute Gasteiger partial charge is 0.504 e. The van der Waals surface area contributed by atoms with Gasteiger partial charge in [0.15, 0.2) is 11.5 Å². The summed E-state index contributed by atoms with van der Waals surface area (Å²) in [5.74, 6) is 0.513. The van der Waals surface area contributed by atoms with Gasteiger partial charge < -0.3 is 9.84 Å². The van der Waals surface area contributed by atoms with E-state index in [0.717, 1.165) is 24.6 Å². The molecular weight excluding hydrogens is 338 g/mol. The Kier molecular flexibility index (Phi) is 5.68. The number of rotatable bonds is 5. The summed E-state index contributed by atoms with van der Waals surface area (Å²) in [6.07, 6.45) is 7.33. The summed E-state index contributed by atoms with van der Waals surface area (Å²) in [5.41, 5.74) is 0.481. The first-order valence-electron chi connectivity index (χ1n) is 8.80. The number of phenols is 1. The highest BCUT2D eigenvalue weighted by Gasteiger charge is 2.36. The van der Waals surface area contributed by atoms with Gasteiger partial charge in [0.05, 0.1) is 11.5 Å². The molecule has 25 heavy (non-hydrogen) atoms. The van der Waals surface area contributed by atoms with Crippen LogP contribution in [0.15, 0.2) is 23.1 Å². The number of nitrogens with zero attached hydrogens (tertiary/aromatic N) is 1. The van der Waals surface area contributed by atoms with Crippen molar-refractivity contribution in [2.45, 2.75) is 39.0 Å². The third-order valence-electron chi connectivity index (χ3n) is 4.66. The Hall–Kier alpha value is -1.95. The fourth-order valence-corrected chi connectivity index (χ4v) is 4.19. The first-order valence-corrected chi connectivity index (χ1v) is 9.62. The van der Waals surface area contributed by atoms with Crippen molar-refractivity contribution < 1.29 is 19.4 Å². The van der Waals surface area contributed by atoms with Gasteiger partial charge in [-0.25, -0.2) is 0 Å². The summed E-state index contributed by atoms with van der Waals surface area (Å²) in [5, 5.41) is 10.1. The van der Waals surface area contributed by atoms with E-state index in [-0.39, 0.29) is 16.9 Å². The molecule has 6 heteroatoms. The minimum absolute atomic E-state index is 0.0107. The molecule has 1 aromatic rings. The second kappa shape index (κ2) is 7.95. The minimum Gasteiger partial charge on any atom is -0.504 e. The zero-order chi connectivity index (χ0) is 17.8. The number of hydrogen-bond donors (Lipinski definition) is 1. The average Bonchev–Trinajstić information content (AvgIpc) is 2.87. The molecule has 134 valence electrons. The number of phenolic OH excluding ortho intramolecular Hbond substituents is 1. The molecule has 1 heterocycles. The highest BCUT2D eigenvalue weighted by atomic mass is 32.2. The first kappa shape index (κ1) is 17.9. The second-order valence-electron chi connectivity index (χ2n) is 6.42. The van der Waals surface area contributed by atoms with Gasteiger partial charge in [0.1, 0.15) is 0 Å². The normalized spacial score (nSPS) is 20.5. The molecule has 2 aliphatic rings. The third-order valence-corrected chi connectivity index (χ3v) is 5.56. The number of aromatic hydroxyl groups is 1. The van der Waals surface area contributed by atoms with Crippen LogP contribution >= 0.6 is 11.8 Å². The van der Waals surface area contributed by atoms with Gasteiger partial charge in [-0.3, -0.25) is 14.5 Å². The molecule has 1 saturated carbocycles. The fraction of sp³-hybridized carbons (Fsp3) is 0.474. The van der Waals surface area contributed by atoms with Crippen LogP contribution < -0.4 is 4.74 Å². The lowest BCUT2D eigenvalue weighted by molar-refractivity contribution is -0.123. The van der Waals surface area contributed by atoms with Gasteiger partial charge in [-0.15, -0.1) is 0 Å². The van der Waals surface area contributed by atoms with Crippen molar-refractivity contribution in [2.24, 2.45) is 5.92 Å². The van der Waals surface area contributed by atoms with Crippen LogP contribution in [0.3, 0.4) is 0 Å². The number of imide groups is 1. The number of benzene rings is 1. The van der Waals surface area contributed by atoms with Crippen LogP contribution in [0.2, 0.25) is 0 Å². The lowest BCUT2D eigenvalue weighted by Gasteiger charge is -2.25. The highest BCUT2D eigenvalue weighted by Crippen LogP contribution is 2.37. The van der Waals surface area contributed by atoms with Crippen LogP contribution in [0.4, 0.5) is 4.79 Å². The van der Waals surface area contributed by atoms with Gasteiger partial charge >= 0.3 is 0 Å². The Morgan fingerprint density at radius 2 is 2.04 bits per heavy atom. The Labute approximate surface area is 152 Å². The molecular formula is C19H23NO4S. The maximum atomic E-state index is 12.6. The Bertz CT molecular complexity index is 695. The monoisotopic (exact) mass is 361 g/mol. The van der Waals surface area contributed by atoms with E-state index in [0.29, 0.717) is 35.3 Å². The molecule has 0 aromatic heterocycles. The summed E-state index contributed by atoms with van der Waals surface area (Å²) in [4.78, 5) is 26.6. The molecule has 5 nitrogen and oxygen atoms in total. The lowest BCUT2D eigenvalue weighted by Crippen LogP contribution is -2.34. The van der Waals surface area contributed by atoms with Gasteiger partial charge in [0.25, 0.3) is 11.1 Å². The molecule has 1 aromatic carbocycles. The quantitative estimate of drug-likeness (QED) is 0.787. The van der Waals surface area contributed by atoms with E-state index in [1.54, 1.807) is 24.3 Å². The van der Waals surface area contributed by atoms with E-state index < -0.39 is 0 Å². The molecule has 2 amide bonds. The van der Waals surface area contributed by atoms with E-state index in [4.69, 9.17) is 4.74 Å². The Morgan fingerprint density at radius 1 is 1.28 bits per heavy atom. The van der Waals surface area contributed by atoms with E-state index in [2.05, 4.69) is 0 Å². The van der Waals surface area contributed by atoms with Gasteiger partial charge in [-0.2, -0.15) is 0 Å². The number of amides is 2. The van der Waals surface area contributed by atoms with Gasteiger partial charge in [-0.05, 0) is 49.6 Å². The van der Waals surface area contributed by atoms with Gasteiger partial charge in [0, 0.05) is 12.1 Å². The van der Waals surface area contributed by atoms with Crippen LogP contribution in [0.25, 0.3) is 6.08 Å². The fourth-order valence-electron chi connectivity index (χ4n) is 3.35. The first-order chi connectivity index (χ1) is 12.1. The maximum absolute atomic E-state index is 12.6. The average molecular weight is 361 g/mol. The molecule has 2 fully saturated rings. The lowest BCUT2D eigenvalue weighted by atomic mass is 9.89. The van der Waals surface area contributed by atoms with E-state index in [1.807, 2.05) is 6.92 Å². The molecule has 1 saturated heterocycles. The van der Waals surface area contributed by atoms with Crippen LogP contribution in [0.1, 0.15) is 44.6 Å². The summed E-state index contributed by atoms with van der Waals surface area (Å²) < 4.78 is 5.36. The molecule has 0 atom stereocenters. The zero-order valence-electron chi connectivity index (χ0n) is 14.4. The van der Waals surface area contributed by atoms with Gasteiger partial charge in [0.2, 0.25) is 0 Å². The molecule has 0 radical (unpaired) electrons. The zero-order valence-corrected chi connectivity index (χ0v) is 15.2. The SMILES string of the molecule is CCOc1cccc(/C=C2/SC(=O)N(CC3CCCCC3)C2=O)c1O. The molecule has 3 rings (SSSR count). The summed E-state index contributed by atoms with van der Waals surface area (Å²) in [7, 11) is 0. The summed E-state index contributed by atoms with van der Waals surface area (Å²) >= 11 is 0.940.